The molecule has 2 atom stereocenters. The van der Waals surface area contributed by atoms with Gasteiger partial charge < -0.3 is 0 Å². The number of hydrogen-bond donors (Lipinski definition) is 1. The third-order valence-electron chi connectivity index (χ3n) is 3.55. The van der Waals surface area contributed by atoms with E-state index in [0.717, 1.165) is 14.9 Å². The van der Waals surface area contributed by atoms with Crippen molar-refractivity contribution >= 4 is 50.7 Å². The molecule has 108 valence electrons. The molecule has 1 N–H and O–H groups in total. The molecule has 0 radical (unpaired) electrons. The third kappa shape index (κ3) is 2.91. The highest BCUT2D eigenvalue weighted by Crippen LogP contribution is 2.43. The molecule has 2 heterocycles. The summed E-state index contributed by atoms with van der Waals surface area (Å²) in [5.74, 6) is -1.14. The average Bonchev–Trinajstić information content (AvgIpc) is 2.86. The van der Waals surface area contributed by atoms with Crippen molar-refractivity contribution in [1.29, 1.82) is 0 Å². The molecule has 2 aromatic rings. The predicted molar refractivity (Wildman–Crippen MR) is 86.7 cm³/mol. The van der Waals surface area contributed by atoms with Crippen LogP contribution in [-0.2, 0) is 9.59 Å². The lowest BCUT2D eigenvalue weighted by Gasteiger charge is -2.30. The van der Waals surface area contributed by atoms with Crippen LogP contribution in [0.2, 0.25) is 5.02 Å². The standard InChI is InChI=1S/C15H11BrClNO2S/c16-8-5-12(21-7-8)10-6-13(19)18-15(20)14(10)9-3-1-2-4-11(9)17/h1-5,7,10,14H,6H2,(H,18,19,20). The zero-order valence-electron chi connectivity index (χ0n) is 10.8. The summed E-state index contributed by atoms with van der Waals surface area (Å²) in [4.78, 5) is 25.1. The number of thiophene rings is 1. The molecule has 6 heteroatoms. The summed E-state index contributed by atoms with van der Waals surface area (Å²) < 4.78 is 0.957. The Bertz CT molecular complexity index is 715. The zero-order valence-corrected chi connectivity index (χ0v) is 14.0. The third-order valence-corrected chi connectivity index (χ3v) is 5.72. The number of hydrogen-bond acceptors (Lipinski definition) is 3. The Morgan fingerprint density at radius 3 is 2.71 bits per heavy atom. The monoisotopic (exact) mass is 383 g/mol. The molecular formula is C15H11BrClNO2S. The molecule has 3 rings (SSSR count). The van der Waals surface area contributed by atoms with Crippen LogP contribution in [-0.4, -0.2) is 11.8 Å². The summed E-state index contributed by atoms with van der Waals surface area (Å²) in [6.07, 6.45) is 0.286. The second-order valence-corrected chi connectivity index (χ2v) is 7.16. The SMILES string of the molecule is O=C1CC(c2cc(Br)cs2)C(c2ccccc2Cl)C(=O)N1. The number of rotatable bonds is 2. The van der Waals surface area contributed by atoms with Gasteiger partial charge in [0.2, 0.25) is 11.8 Å². The Kier molecular flexibility index (Phi) is 4.15. The second kappa shape index (κ2) is 5.91. The molecule has 1 aliphatic heterocycles. The first-order valence-electron chi connectivity index (χ1n) is 6.38. The van der Waals surface area contributed by atoms with E-state index in [9.17, 15) is 9.59 Å². The lowest BCUT2D eigenvalue weighted by atomic mass is 9.79. The quantitative estimate of drug-likeness (QED) is 0.793. The molecule has 1 aromatic carbocycles. The molecule has 0 spiro atoms. The van der Waals surface area contributed by atoms with Crippen LogP contribution in [0.1, 0.15) is 28.7 Å². The Morgan fingerprint density at radius 2 is 2.05 bits per heavy atom. The van der Waals surface area contributed by atoms with Gasteiger partial charge in [0.1, 0.15) is 0 Å². The summed E-state index contributed by atoms with van der Waals surface area (Å²) in [7, 11) is 0. The van der Waals surface area contributed by atoms with E-state index in [-0.39, 0.29) is 24.2 Å². The van der Waals surface area contributed by atoms with Gasteiger partial charge in [-0.05, 0) is 33.6 Å². The largest absolute Gasteiger partial charge is 0.296 e. The topological polar surface area (TPSA) is 46.2 Å². The zero-order chi connectivity index (χ0) is 15.0. The van der Waals surface area contributed by atoms with Crippen LogP contribution in [0.4, 0.5) is 0 Å². The predicted octanol–water partition coefficient (Wildman–Crippen LogP) is 4.08. The van der Waals surface area contributed by atoms with Crippen molar-refractivity contribution in [3.05, 3.63) is 55.6 Å². The first kappa shape index (κ1) is 14.8. The van der Waals surface area contributed by atoms with E-state index in [2.05, 4.69) is 21.2 Å². The van der Waals surface area contributed by atoms with Crippen LogP contribution in [0, 0.1) is 0 Å². The van der Waals surface area contributed by atoms with Gasteiger partial charge in [-0.2, -0.15) is 0 Å². The highest BCUT2D eigenvalue weighted by molar-refractivity contribution is 9.10. The number of benzene rings is 1. The van der Waals surface area contributed by atoms with E-state index in [0.29, 0.717) is 5.02 Å². The van der Waals surface area contributed by atoms with E-state index in [1.807, 2.05) is 29.6 Å². The fourth-order valence-corrected chi connectivity index (χ4v) is 4.48. The molecule has 3 nitrogen and oxygen atoms in total. The van der Waals surface area contributed by atoms with Crippen LogP contribution in [0.15, 0.2) is 40.2 Å². The Morgan fingerprint density at radius 1 is 1.29 bits per heavy atom. The number of carbonyl (C=O) groups is 2. The minimum atomic E-state index is -0.443. The molecule has 1 saturated heterocycles. The summed E-state index contributed by atoms with van der Waals surface area (Å²) in [5.41, 5.74) is 0.763. The van der Waals surface area contributed by atoms with E-state index >= 15 is 0 Å². The van der Waals surface area contributed by atoms with Crippen molar-refractivity contribution in [3.63, 3.8) is 0 Å². The van der Waals surface area contributed by atoms with E-state index in [1.54, 1.807) is 17.4 Å². The van der Waals surface area contributed by atoms with Gasteiger partial charge in [0, 0.05) is 32.1 Å². The van der Waals surface area contributed by atoms with Crippen molar-refractivity contribution < 1.29 is 9.59 Å². The van der Waals surface area contributed by atoms with Gasteiger partial charge in [0.05, 0.1) is 5.92 Å². The number of piperidine rings is 1. The first-order chi connectivity index (χ1) is 10.1. The van der Waals surface area contributed by atoms with Gasteiger partial charge >= 0.3 is 0 Å². The highest BCUT2D eigenvalue weighted by Gasteiger charge is 2.39. The van der Waals surface area contributed by atoms with Crippen molar-refractivity contribution in [1.82, 2.24) is 5.32 Å². The van der Waals surface area contributed by atoms with Crippen LogP contribution in [0.25, 0.3) is 0 Å². The minimum Gasteiger partial charge on any atom is -0.296 e. The van der Waals surface area contributed by atoms with Crippen molar-refractivity contribution in [2.24, 2.45) is 0 Å². The lowest BCUT2D eigenvalue weighted by Crippen LogP contribution is -2.43. The number of imide groups is 1. The van der Waals surface area contributed by atoms with Crippen LogP contribution < -0.4 is 5.32 Å². The molecule has 1 aliphatic rings. The molecule has 21 heavy (non-hydrogen) atoms. The van der Waals surface area contributed by atoms with Crippen LogP contribution in [0.5, 0.6) is 0 Å². The van der Waals surface area contributed by atoms with Gasteiger partial charge in [-0.1, -0.05) is 29.8 Å². The average molecular weight is 385 g/mol. The van der Waals surface area contributed by atoms with Gasteiger partial charge in [0.15, 0.2) is 0 Å². The number of halogens is 2. The summed E-state index contributed by atoms with van der Waals surface area (Å²) in [5, 5.41) is 4.92. The van der Waals surface area contributed by atoms with Crippen molar-refractivity contribution in [2.75, 3.05) is 0 Å². The fourth-order valence-electron chi connectivity index (χ4n) is 2.64. The van der Waals surface area contributed by atoms with E-state index in [4.69, 9.17) is 11.6 Å². The van der Waals surface area contributed by atoms with Gasteiger partial charge in [-0.15, -0.1) is 11.3 Å². The van der Waals surface area contributed by atoms with Gasteiger partial charge in [-0.25, -0.2) is 0 Å². The highest BCUT2D eigenvalue weighted by atomic mass is 79.9. The minimum absolute atomic E-state index is 0.178. The van der Waals surface area contributed by atoms with Crippen LogP contribution >= 0.6 is 38.9 Å². The molecule has 1 aromatic heterocycles. The molecular weight excluding hydrogens is 374 g/mol. The molecule has 2 unspecified atom stereocenters. The van der Waals surface area contributed by atoms with Gasteiger partial charge in [0.25, 0.3) is 0 Å². The van der Waals surface area contributed by atoms with E-state index < -0.39 is 5.92 Å². The Hall–Kier alpha value is -1.17. The van der Waals surface area contributed by atoms with Gasteiger partial charge in [-0.3, -0.25) is 14.9 Å². The molecule has 0 aliphatic carbocycles. The molecule has 2 amide bonds. The van der Waals surface area contributed by atoms with E-state index in [1.165, 1.54) is 0 Å². The maximum atomic E-state index is 12.4. The maximum Gasteiger partial charge on any atom is 0.234 e. The maximum absolute atomic E-state index is 12.4. The number of amides is 2. The summed E-state index contributed by atoms with van der Waals surface area (Å²) >= 11 is 11.2. The summed E-state index contributed by atoms with van der Waals surface area (Å²) in [6, 6.07) is 9.26. The Balaban J connectivity index is 2.07. The van der Waals surface area contributed by atoms with Crippen molar-refractivity contribution in [2.45, 2.75) is 18.3 Å². The van der Waals surface area contributed by atoms with Crippen LogP contribution in [0.3, 0.4) is 0 Å². The molecule has 0 saturated carbocycles. The normalized spacial score (nSPS) is 22.2. The fraction of sp³-hybridized carbons (Fsp3) is 0.200. The molecule has 0 bridgehead atoms. The number of carbonyl (C=O) groups excluding carboxylic acids is 2. The summed E-state index contributed by atoms with van der Waals surface area (Å²) in [6.45, 7) is 0. The molecule has 1 fully saturated rings. The van der Waals surface area contributed by atoms with Crippen molar-refractivity contribution in [3.8, 4) is 0 Å². The Labute approximate surface area is 139 Å². The lowest BCUT2D eigenvalue weighted by molar-refractivity contribution is -0.135. The number of nitrogens with one attached hydrogen (secondary N) is 1. The smallest absolute Gasteiger partial charge is 0.234 e. The first-order valence-corrected chi connectivity index (χ1v) is 8.43. The second-order valence-electron chi connectivity index (χ2n) is 4.89.